The van der Waals surface area contributed by atoms with Gasteiger partial charge >= 0.3 is 0 Å². The van der Waals surface area contributed by atoms with Crippen LogP contribution in [0.2, 0.25) is 0 Å². The number of aliphatic hydroxyl groups is 2. The minimum absolute atomic E-state index is 0.00831. The fraction of sp³-hybridized carbons (Fsp3) is 0.444. The number of nitrogens with one attached hydrogen (secondary N) is 1. The highest BCUT2D eigenvalue weighted by atomic mass is 16.7. The largest absolute Gasteiger partial charge is 0.379 e. The highest BCUT2D eigenvalue weighted by Crippen LogP contribution is 2.41. The van der Waals surface area contributed by atoms with Crippen LogP contribution >= 0.6 is 0 Å². The van der Waals surface area contributed by atoms with Crippen molar-refractivity contribution < 1.29 is 19.8 Å². The van der Waals surface area contributed by atoms with Crippen molar-refractivity contribution in [1.82, 2.24) is 24.6 Å². The van der Waals surface area contributed by atoms with Gasteiger partial charge in [0.15, 0.2) is 5.84 Å². The molecule has 0 bridgehead atoms. The second-order valence-corrected chi connectivity index (χ2v) is 13.3. The maximum atomic E-state index is 14.5. The summed E-state index contributed by atoms with van der Waals surface area (Å²) >= 11 is 0. The van der Waals surface area contributed by atoms with Gasteiger partial charge in [0.1, 0.15) is 11.4 Å². The number of aliphatic hydroxyl groups excluding tert-OH is 1. The number of rotatable bonds is 10. The zero-order chi connectivity index (χ0) is 32.9. The first-order valence-corrected chi connectivity index (χ1v) is 16.5. The summed E-state index contributed by atoms with van der Waals surface area (Å²) < 4.78 is 10.2. The second-order valence-electron chi connectivity index (χ2n) is 13.3. The van der Waals surface area contributed by atoms with Crippen molar-refractivity contribution in [3.63, 3.8) is 0 Å². The highest BCUT2D eigenvalue weighted by Gasteiger charge is 2.43. The molecule has 11 nitrogen and oxygen atoms in total. The van der Waals surface area contributed by atoms with Crippen LogP contribution < -0.4 is 11.0 Å². The standard InChI is InChI=1S/C36H42N6O5/c1-5-8-30-29(21-24-11-13-25(14-12-24)27-9-6-7-10-28(27)31-38-34(44)47-40-31)32(43)41(33-37-23(3)39-42(30)33)26-15-17-35(4,18-16-26)46-22(2)36(45)19-20-36/h6-7,9-14,19-20,22,26,34,44-45H,5,8,15-18,21H2,1-4H3,(H,38,40). The van der Waals surface area contributed by atoms with Crippen LogP contribution in [0.25, 0.3) is 16.9 Å². The Balaban J connectivity index is 1.19. The Morgan fingerprint density at radius 3 is 2.45 bits per heavy atom. The summed E-state index contributed by atoms with van der Waals surface area (Å²) in [5.41, 5.74) is 6.80. The molecule has 246 valence electrons. The van der Waals surface area contributed by atoms with E-state index < -0.39 is 12.0 Å². The molecule has 2 aliphatic carbocycles. The molecule has 4 aromatic rings. The number of hydroxylamine groups is 1. The van der Waals surface area contributed by atoms with Crippen molar-refractivity contribution in [1.29, 1.82) is 0 Å². The molecular formula is C36H42N6O5. The molecule has 2 aromatic heterocycles. The van der Waals surface area contributed by atoms with Gasteiger partial charge < -0.3 is 14.9 Å². The lowest BCUT2D eigenvalue weighted by Crippen LogP contribution is -2.43. The number of aliphatic imine (C=N–C) groups is 1. The topological polar surface area (TPSA) is 136 Å². The summed E-state index contributed by atoms with van der Waals surface area (Å²) in [6, 6.07) is 16.0. The Labute approximate surface area is 273 Å². The molecule has 1 fully saturated rings. The summed E-state index contributed by atoms with van der Waals surface area (Å²) in [5, 5.41) is 25.0. The fourth-order valence-corrected chi connectivity index (χ4v) is 7.04. The van der Waals surface area contributed by atoms with Gasteiger partial charge in [0, 0.05) is 23.6 Å². The van der Waals surface area contributed by atoms with Crippen molar-refractivity contribution in [3.8, 4) is 11.1 Å². The van der Waals surface area contributed by atoms with Crippen molar-refractivity contribution in [2.24, 2.45) is 4.99 Å². The van der Waals surface area contributed by atoms with Crippen LogP contribution in [-0.4, -0.2) is 58.9 Å². The van der Waals surface area contributed by atoms with Crippen molar-refractivity contribution in [2.45, 2.75) is 102 Å². The van der Waals surface area contributed by atoms with Gasteiger partial charge in [-0.25, -0.2) is 19.8 Å². The third-order valence-corrected chi connectivity index (χ3v) is 9.81. The van der Waals surface area contributed by atoms with E-state index in [1.54, 1.807) is 12.2 Å². The van der Waals surface area contributed by atoms with E-state index in [2.05, 4.69) is 36.5 Å². The van der Waals surface area contributed by atoms with Gasteiger partial charge in [0.2, 0.25) is 5.78 Å². The van der Waals surface area contributed by atoms with Gasteiger partial charge in [0.25, 0.3) is 12.0 Å². The molecule has 1 aliphatic heterocycles. The Hall–Kier alpha value is -4.16. The number of nitrogens with zero attached hydrogens (tertiary/aromatic N) is 5. The van der Waals surface area contributed by atoms with Crippen LogP contribution in [0.15, 0.2) is 70.5 Å². The number of benzene rings is 2. The average Bonchev–Trinajstić information content (AvgIpc) is 3.48. The number of ether oxygens (including phenoxy) is 1. The number of hydrogen-bond donors (Lipinski definition) is 3. The van der Waals surface area contributed by atoms with E-state index in [0.29, 0.717) is 30.3 Å². The molecule has 2 unspecified atom stereocenters. The van der Waals surface area contributed by atoms with Gasteiger partial charge in [-0.3, -0.25) is 9.36 Å². The predicted octanol–water partition coefficient (Wildman–Crippen LogP) is 4.55. The SMILES string of the molecule is CCCc1c(Cc2ccc(-c3ccccc3C3=NC(O)ON3)cc2)c(=O)n(C2CCC(C)(OC(C)C3(O)C=C3)CC2)c2nc(C)nn12. The molecule has 2 atom stereocenters. The van der Waals surface area contributed by atoms with Crippen molar-refractivity contribution in [3.05, 3.63) is 99.2 Å². The van der Waals surface area contributed by atoms with Gasteiger partial charge in [-0.05, 0) is 81.7 Å². The van der Waals surface area contributed by atoms with Gasteiger partial charge in [0.05, 0.1) is 17.4 Å². The molecular weight excluding hydrogens is 596 g/mol. The van der Waals surface area contributed by atoms with E-state index in [1.165, 1.54) is 0 Å². The van der Waals surface area contributed by atoms with E-state index in [9.17, 15) is 15.0 Å². The van der Waals surface area contributed by atoms with Crippen LogP contribution in [0.5, 0.6) is 0 Å². The van der Waals surface area contributed by atoms with E-state index in [-0.39, 0.29) is 23.3 Å². The third kappa shape index (κ3) is 6.04. The van der Waals surface area contributed by atoms with Gasteiger partial charge in [-0.1, -0.05) is 61.9 Å². The summed E-state index contributed by atoms with van der Waals surface area (Å²) in [6.07, 6.45) is 7.11. The number of fused-ring (bicyclic) bond motifs is 1. The molecule has 0 spiro atoms. The van der Waals surface area contributed by atoms with E-state index in [0.717, 1.165) is 65.6 Å². The summed E-state index contributed by atoms with van der Waals surface area (Å²) in [6.45, 7) is 8.01. The van der Waals surface area contributed by atoms with Gasteiger partial charge in [-0.15, -0.1) is 0 Å². The van der Waals surface area contributed by atoms with Crippen molar-refractivity contribution >= 4 is 11.6 Å². The first kappa shape index (κ1) is 31.4. The monoisotopic (exact) mass is 638 g/mol. The zero-order valence-corrected chi connectivity index (χ0v) is 27.3. The van der Waals surface area contributed by atoms with Crippen LogP contribution in [0, 0.1) is 6.92 Å². The normalized spacial score (nSPS) is 23.9. The van der Waals surface area contributed by atoms with E-state index >= 15 is 0 Å². The second kappa shape index (κ2) is 12.1. The van der Waals surface area contributed by atoms with E-state index in [1.807, 2.05) is 59.3 Å². The minimum atomic E-state index is -1.23. The Morgan fingerprint density at radius 2 is 1.81 bits per heavy atom. The average molecular weight is 639 g/mol. The molecule has 0 radical (unpaired) electrons. The van der Waals surface area contributed by atoms with E-state index in [4.69, 9.17) is 19.7 Å². The van der Waals surface area contributed by atoms with Crippen LogP contribution in [-0.2, 0) is 22.4 Å². The molecule has 3 N–H and O–H groups in total. The van der Waals surface area contributed by atoms with Crippen LogP contribution in [0.1, 0.15) is 87.1 Å². The third-order valence-electron chi connectivity index (χ3n) is 9.81. The Morgan fingerprint density at radius 1 is 1.11 bits per heavy atom. The molecule has 11 heteroatoms. The molecule has 7 rings (SSSR count). The first-order valence-electron chi connectivity index (χ1n) is 16.5. The lowest BCUT2D eigenvalue weighted by molar-refractivity contribution is -0.138. The van der Waals surface area contributed by atoms with Crippen molar-refractivity contribution in [2.75, 3.05) is 0 Å². The number of aromatic nitrogens is 4. The molecule has 3 aliphatic rings. The first-order chi connectivity index (χ1) is 22.6. The highest BCUT2D eigenvalue weighted by molar-refractivity contribution is 6.04. The summed E-state index contributed by atoms with van der Waals surface area (Å²) in [4.78, 5) is 28.4. The number of amidine groups is 1. The Kier molecular flexibility index (Phi) is 8.12. The molecule has 47 heavy (non-hydrogen) atoms. The van der Waals surface area contributed by atoms with Crippen LogP contribution in [0.3, 0.4) is 0 Å². The number of aryl methyl sites for hydroxylation is 2. The molecule has 2 aromatic carbocycles. The predicted molar refractivity (Wildman–Crippen MR) is 178 cm³/mol. The molecule has 1 saturated carbocycles. The summed E-state index contributed by atoms with van der Waals surface area (Å²) in [5.74, 6) is 1.71. The fourth-order valence-electron chi connectivity index (χ4n) is 7.04. The lowest BCUT2D eigenvalue weighted by atomic mass is 9.82. The number of hydrogen-bond acceptors (Lipinski definition) is 9. The lowest BCUT2D eigenvalue weighted by Gasteiger charge is -2.40. The van der Waals surface area contributed by atoms with Gasteiger partial charge in [-0.2, -0.15) is 10.1 Å². The maximum absolute atomic E-state index is 14.5. The summed E-state index contributed by atoms with van der Waals surface area (Å²) in [7, 11) is 0. The minimum Gasteiger partial charge on any atom is -0.379 e. The molecule has 0 saturated heterocycles. The smallest absolute Gasteiger partial charge is 0.280 e. The molecule has 0 amide bonds. The zero-order valence-electron chi connectivity index (χ0n) is 27.3. The quantitative estimate of drug-likeness (QED) is 0.216. The Bertz CT molecular complexity index is 1910. The van der Waals surface area contributed by atoms with Crippen LogP contribution in [0.4, 0.5) is 0 Å². The maximum Gasteiger partial charge on any atom is 0.280 e. The molecule has 3 heterocycles.